The molecule has 0 amide bonds. The van der Waals surface area contributed by atoms with E-state index >= 15 is 0 Å². The molecule has 3 heteroatoms. The van der Waals surface area contributed by atoms with Crippen LogP contribution in [0, 0.1) is 6.92 Å². The molecule has 0 aromatic heterocycles. The van der Waals surface area contributed by atoms with Gasteiger partial charge in [0.1, 0.15) is 5.75 Å². The molecule has 0 saturated carbocycles. The second kappa shape index (κ2) is 4.92. The molecule has 18 heavy (non-hydrogen) atoms. The lowest BCUT2D eigenvalue weighted by atomic mass is 9.99. The highest BCUT2D eigenvalue weighted by atomic mass is 16.5. The van der Waals surface area contributed by atoms with E-state index in [9.17, 15) is 4.79 Å². The highest BCUT2D eigenvalue weighted by Crippen LogP contribution is 2.27. The Morgan fingerprint density at radius 3 is 2.56 bits per heavy atom. The smallest absolute Gasteiger partial charge is 0.335 e. The van der Waals surface area contributed by atoms with Gasteiger partial charge in [-0.25, -0.2) is 4.79 Å². The molecule has 0 bridgehead atoms. The summed E-state index contributed by atoms with van der Waals surface area (Å²) in [4.78, 5) is 10.9. The normalized spacial score (nSPS) is 10.1. The van der Waals surface area contributed by atoms with Gasteiger partial charge in [-0.15, -0.1) is 0 Å². The topological polar surface area (TPSA) is 46.5 Å². The molecule has 0 aliphatic rings. The Bertz CT molecular complexity index is 588. The van der Waals surface area contributed by atoms with E-state index in [1.54, 1.807) is 25.3 Å². The first-order valence-corrected chi connectivity index (χ1v) is 5.60. The molecule has 92 valence electrons. The van der Waals surface area contributed by atoms with Crippen molar-refractivity contribution in [1.29, 1.82) is 0 Å². The zero-order valence-electron chi connectivity index (χ0n) is 10.3. The molecule has 0 unspecified atom stereocenters. The van der Waals surface area contributed by atoms with Crippen LogP contribution in [-0.2, 0) is 0 Å². The van der Waals surface area contributed by atoms with Crippen LogP contribution in [0.4, 0.5) is 0 Å². The number of carboxylic acids is 1. The molecular formula is C15H14O3. The van der Waals surface area contributed by atoms with Crippen molar-refractivity contribution in [3.05, 3.63) is 53.6 Å². The van der Waals surface area contributed by atoms with Crippen LogP contribution in [-0.4, -0.2) is 18.2 Å². The molecule has 0 spiro atoms. The third-order valence-corrected chi connectivity index (χ3v) is 2.85. The third kappa shape index (κ3) is 2.35. The Labute approximate surface area is 106 Å². The van der Waals surface area contributed by atoms with Crippen LogP contribution in [0.2, 0.25) is 0 Å². The van der Waals surface area contributed by atoms with Gasteiger partial charge in [-0.3, -0.25) is 0 Å². The number of hydrogen-bond acceptors (Lipinski definition) is 2. The molecule has 0 fully saturated rings. The van der Waals surface area contributed by atoms with Gasteiger partial charge in [-0.2, -0.15) is 0 Å². The summed E-state index contributed by atoms with van der Waals surface area (Å²) in [6.07, 6.45) is 0. The quantitative estimate of drug-likeness (QED) is 0.897. The van der Waals surface area contributed by atoms with Crippen LogP contribution in [0.3, 0.4) is 0 Å². The highest BCUT2D eigenvalue weighted by molar-refractivity contribution is 5.89. The summed E-state index contributed by atoms with van der Waals surface area (Å²) in [7, 11) is 1.62. The molecule has 0 aliphatic carbocycles. The first kappa shape index (κ1) is 12.2. The third-order valence-electron chi connectivity index (χ3n) is 2.85. The summed E-state index contributed by atoms with van der Waals surface area (Å²) in [5, 5.41) is 8.99. The van der Waals surface area contributed by atoms with Gasteiger partial charge < -0.3 is 9.84 Å². The number of carboxylic acid groups (broad SMARTS) is 1. The molecule has 2 aromatic carbocycles. The van der Waals surface area contributed by atoms with Gasteiger partial charge in [-0.1, -0.05) is 18.2 Å². The van der Waals surface area contributed by atoms with E-state index in [0.717, 1.165) is 22.4 Å². The lowest BCUT2D eigenvalue weighted by molar-refractivity contribution is 0.0697. The molecule has 0 heterocycles. The number of benzene rings is 2. The summed E-state index contributed by atoms with van der Waals surface area (Å²) >= 11 is 0. The van der Waals surface area contributed by atoms with Gasteiger partial charge in [-0.05, 0) is 47.9 Å². The Kier molecular flexibility index (Phi) is 3.33. The maximum atomic E-state index is 10.9. The van der Waals surface area contributed by atoms with E-state index in [1.807, 2.05) is 31.2 Å². The van der Waals surface area contributed by atoms with Crippen molar-refractivity contribution in [3.8, 4) is 16.9 Å². The lowest BCUT2D eigenvalue weighted by Crippen LogP contribution is -1.96. The number of methoxy groups -OCH3 is 1. The minimum absolute atomic E-state index is 0.294. The van der Waals surface area contributed by atoms with Crippen molar-refractivity contribution >= 4 is 5.97 Å². The van der Waals surface area contributed by atoms with Gasteiger partial charge >= 0.3 is 5.97 Å². The molecule has 0 radical (unpaired) electrons. The van der Waals surface area contributed by atoms with Gasteiger partial charge in [0.2, 0.25) is 0 Å². The number of aromatic carboxylic acids is 1. The zero-order valence-corrected chi connectivity index (χ0v) is 10.3. The minimum Gasteiger partial charge on any atom is -0.497 e. The van der Waals surface area contributed by atoms with Gasteiger partial charge in [0, 0.05) is 0 Å². The zero-order chi connectivity index (χ0) is 13.1. The number of hydrogen-bond donors (Lipinski definition) is 1. The minimum atomic E-state index is -0.914. The largest absolute Gasteiger partial charge is 0.497 e. The average molecular weight is 242 g/mol. The number of ether oxygens (including phenoxy) is 1. The summed E-state index contributed by atoms with van der Waals surface area (Å²) in [6.45, 7) is 1.98. The predicted molar refractivity (Wildman–Crippen MR) is 70.1 cm³/mol. The number of rotatable bonds is 3. The molecule has 3 nitrogen and oxygen atoms in total. The van der Waals surface area contributed by atoms with Crippen LogP contribution in [0.1, 0.15) is 15.9 Å². The second-order valence-electron chi connectivity index (χ2n) is 4.07. The van der Waals surface area contributed by atoms with E-state index in [0.29, 0.717) is 5.56 Å². The van der Waals surface area contributed by atoms with E-state index in [2.05, 4.69) is 0 Å². The van der Waals surface area contributed by atoms with Crippen LogP contribution < -0.4 is 4.74 Å². The lowest BCUT2D eigenvalue weighted by Gasteiger charge is -2.09. The Morgan fingerprint density at radius 2 is 1.94 bits per heavy atom. The molecule has 2 rings (SSSR count). The molecule has 0 saturated heterocycles. The molecular weight excluding hydrogens is 228 g/mol. The predicted octanol–water partition coefficient (Wildman–Crippen LogP) is 3.37. The van der Waals surface area contributed by atoms with Gasteiger partial charge in [0.25, 0.3) is 0 Å². The van der Waals surface area contributed by atoms with Crippen LogP contribution in [0.5, 0.6) is 5.75 Å². The summed E-state index contributed by atoms with van der Waals surface area (Å²) < 4.78 is 5.15. The fourth-order valence-corrected chi connectivity index (χ4v) is 1.91. The van der Waals surface area contributed by atoms with E-state index < -0.39 is 5.97 Å². The van der Waals surface area contributed by atoms with E-state index in [4.69, 9.17) is 9.84 Å². The van der Waals surface area contributed by atoms with Crippen molar-refractivity contribution < 1.29 is 14.6 Å². The van der Waals surface area contributed by atoms with Crippen molar-refractivity contribution in [3.63, 3.8) is 0 Å². The SMILES string of the molecule is COc1ccc(-c2cccc(C(=O)O)c2)c(C)c1. The highest BCUT2D eigenvalue weighted by Gasteiger charge is 2.07. The fourth-order valence-electron chi connectivity index (χ4n) is 1.91. The van der Waals surface area contributed by atoms with Crippen LogP contribution >= 0.6 is 0 Å². The first-order valence-electron chi connectivity index (χ1n) is 5.60. The molecule has 0 atom stereocenters. The summed E-state index contributed by atoms with van der Waals surface area (Å²) in [5.41, 5.74) is 3.26. The van der Waals surface area contributed by atoms with Crippen molar-refractivity contribution in [2.45, 2.75) is 6.92 Å². The summed E-state index contributed by atoms with van der Waals surface area (Å²) in [6, 6.07) is 12.7. The first-order chi connectivity index (χ1) is 8.61. The Balaban J connectivity index is 2.48. The maximum Gasteiger partial charge on any atom is 0.335 e. The number of carbonyl (C=O) groups is 1. The fraction of sp³-hybridized carbons (Fsp3) is 0.133. The van der Waals surface area contributed by atoms with Crippen LogP contribution in [0.15, 0.2) is 42.5 Å². The standard InChI is InChI=1S/C15H14O3/c1-10-8-13(18-2)6-7-14(10)11-4-3-5-12(9-11)15(16)17/h3-9H,1-2H3,(H,16,17). The van der Waals surface area contributed by atoms with Crippen molar-refractivity contribution in [2.24, 2.45) is 0 Å². The molecule has 0 aliphatic heterocycles. The average Bonchev–Trinajstić information content (AvgIpc) is 2.38. The molecule has 2 aromatic rings. The summed E-state index contributed by atoms with van der Waals surface area (Å²) in [5.74, 6) is -0.117. The maximum absolute atomic E-state index is 10.9. The van der Waals surface area contributed by atoms with Gasteiger partial charge in [0.15, 0.2) is 0 Å². The van der Waals surface area contributed by atoms with Crippen molar-refractivity contribution in [2.75, 3.05) is 7.11 Å². The number of aryl methyl sites for hydroxylation is 1. The Morgan fingerprint density at radius 1 is 1.17 bits per heavy atom. The molecule has 1 N–H and O–H groups in total. The van der Waals surface area contributed by atoms with Crippen molar-refractivity contribution in [1.82, 2.24) is 0 Å². The monoisotopic (exact) mass is 242 g/mol. The Hall–Kier alpha value is -2.29. The van der Waals surface area contributed by atoms with Gasteiger partial charge in [0.05, 0.1) is 12.7 Å². The van der Waals surface area contributed by atoms with Crippen LogP contribution in [0.25, 0.3) is 11.1 Å². The second-order valence-corrected chi connectivity index (χ2v) is 4.07. The van der Waals surface area contributed by atoms with E-state index in [1.165, 1.54) is 0 Å². The van der Waals surface area contributed by atoms with E-state index in [-0.39, 0.29) is 0 Å².